The van der Waals surface area contributed by atoms with Crippen molar-refractivity contribution >= 4 is 0 Å². The van der Waals surface area contributed by atoms with Crippen molar-refractivity contribution in [2.24, 2.45) is 11.7 Å². The molecule has 3 nitrogen and oxygen atoms in total. The molecule has 2 heterocycles. The molecule has 3 heteroatoms. The van der Waals surface area contributed by atoms with Crippen molar-refractivity contribution in [3.63, 3.8) is 0 Å². The monoisotopic (exact) mass is 291 g/mol. The van der Waals surface area contributed by atoms with Gasteiger partial charge in [0.05, 0.1) is 0 Å². The summed E-state index contributed by atoms with van der Waals surface area (Å²) in [6, 6.07) is 2.48. The van der Waals surface area contributed by atoms with Crippen molar-refractivity contribution in [2.45, 2.75) is 88.4 Å². The summed E-state index contributed by atoms with van der Waals surface area (Å²) in [5, 5.41) is 0. The van der Waals surface area contributed by atoms with E-state index in [4.69, 9.17) is 5.73 Å². The predicted molar refractivity (Wildman–Crippen MR) is 87.3 cm³/mol. The van der Waals surface area contributed by atoms with Gasteiger partial charge in [0.25, 0.3) is 0 Å². The molecule has 4 aliphatic rings. The number of nitrogens with two attached hydrogens (primary N) is 1. The van der Waals surface area contributed by atoms with Gasteiger partial charge in [-0.15, -0.1) is 0 Å². The molecule has 2 aliphatic carbocycles. The van der Waals surface area contributed by atoms with Crippen LogP contribution in [0.2, 0.25) is 0 Å². The fourth-order valence-electron chi connectivity index (χ4n) is 5.81. The Hall–Kier alpha value is -0.120. The summed E-state index contributed by atoms with van der Waals surface area (Å²) in [7, 11) is 0. The van der Waals surface area contributed by atoms with E-state index in [-0.39, 0.29) is 0 Å². The highest BCUT2D eigenvalue weighted by molar-refractivity contribution is 5.09. The molecule has 3 atom stereocenters. The molecule has 2 aliphatic heterocycles. The van der Waals surface area contributed by atoms with Crippen LogP contribution in [0.25, 0.3) is 0 Å². The third-order valence-corrected chi connectivity index (χ3v) is 6.97. The largest absolute Gasteiger partial charge is 0.329 e. The maximum atomic E-state index is 6.39. The molecule has 0 aromatic rings. The molecule has 4 fully saturated rings. The minimum absolute atomic E-state index is 0.297. The van der Waals surface area contributed by atoms with Crippen LogP contribution in [0.3, 0.4) is 0 Å². The first kappa shape index (κ1) is 14.5. The number of nitrogens with zero attached hydrogens (tertiary/aromatic N) is 2. The molecule has 0 spiro atoms. The summed E-state index contributed by atoms with van der Waals surface area (Å²) < 4.78 is 0. The van der Waals surface area contributed by atoms with Crippen LogP contribution in [-0.2, 0) is 0 Å². The van der Waals surface area contributed by atoms with Crippen LogP contribution in [0.4, 0.5) is 0 Å². The molecule has 0 aromatic heterocycles. The molecule has 0 aromatic carbocycles. The van der Waals surface area contributed by atoms with Gasteiger partial charge in [-0.25, -0.2) is 0 Å². The van der Waals surface area contributed by atoms with Crippen molar-refractivity contribution < 1.29 is 0 Å². The lowest BCUT2D eigenvalue weighted by molar-refractivity contribution is 0.0581. The highest BCUT2D eigenvalue weighted by Crippen LogP contribution is 2.45. The van der Waals surface area contributed by atoms with E-state index < -0.39 is 0 Å². The van der Waals surface area contributed by atoms with Crippen LogP contribution < -0.4 is 5.73 Å². The molecule has 0 amide bonds. The zero-order valence-corrected chi connectivity index (χ0v) is 13.8. The lowest BCUT2D eigenvalue weighted by Crippen LogP contribution is -2.58. The smallest absolute Gasteiger partial charge is 0.0476 e. The molecule has 2 N–H and O–H groups in total. The van der Waals surface area contributed by atoms with E-state index in [0.717, 1.165) is 30.6 Å². The van der Waals surface area contributed by atoms with Gasteiger partial charge in [0, 0.05) is 36.8 Å². The van der Waals surface area contributed by atoms with E-state index in [1.807, 2.05) is 0 Å². The Morgan fingerprint density at radius 2 is 1.81 bits per heavy atom. The predicted octanol–water partition coefficient (Wildman–Crippen LogP) is 2.60. The molecule has 2 saturated heterocycles. The second-order valence-corrected chi connectivity index (χ2v) is 8.33. The zero-order chi connectivity index (χ0) is 14.4. The second-order valence-electron chi connectivity index (χ2n) is 8.33. The Morgan fingerprint density at radius 1 is 1.05 bits per heavy atom. The van der Waals surface area contributed by atoms with Crippen LogP contribution in [0.1, 0.15) is 64.7 Å². The first-order valence-corrected chi connectivity index (χ1v) is 9.46. The number of hydrogen-bond donors (Lipinski definition) is 1. The lowest BCUT2D eigenvalue weighted by Gasteiger charge is -2.44. The molecule has 4 rings (SSSR count). The second kappa shape index (κ2) is 5.50. The molecule has 21 heavy (non-hydrogen) atoms. The van der Waals surface area contributed by atoms with Gasteiger partial charge in [0.1, 0.15) is 0 Å². The fraction of sp³-hybridized carbons (Fsp3) is 1.00. The summed E-state index contributed by atoms with van der Waals surface area (Å²) in [5.41, 5.74) is 6.68. The zero-order valence-electron chi connectivity index (χ0n) is 13.8. The van der Waals surface area contributed by atoms with Gasteiger partial charge in [-0.1, -0.05) is 12.8 Å². The number of hydrogen-bond acceptors (Lipinski definition) is 3. The van der Waals surface area contributed by atoms with Crippen molar-refractivity contribution in [1.82, 2.24) is 9.80 Å². The fourth-order valence-corrected chi connectivity index (χ4v) is 5.81. The molecule has 0 bridgehead atoms. The van der Waals surface area contributed by atoms with Gasteiger partial charge in [-0.05, 0) is 64.3 Å². The van der Waals surface area contributed by atoms with Gasteiger partial charge in [-0.3, -0.25) is 9.80 Å². The van der Waals surface area contributed by atoms with Gasteiger partial charge in [0.2, 0.25) is 0 Å². The lowest BCUT2D eigenvalue weighted by atomic mass is 9.88. The van der Waals surface area contributed by atoms with E-state index in [2.05, 4.69) is 16.7 Å². The summed E-state index contributed by atoms with van der Waals surface area (Å²) in [5.74, 6) is 0.973. The quantitative estimate of drug-likeness (QED) is 0.864. The molecule has 120 valence electrons. The standard InChI is InChI=1S/C18H33N3/c1-14-11-18(12-19,13-20(14)16-8-9-16)21-10-4-7-17(21)15-5-2-3-6-15/h14-17H,2-13,19H2,1H3. The van der Waals surface area contributed by atoms with E-state index in [0.29, 0.717) is 5.54 Å². The summed E-state index contributed by atoms with van der Waals surface area (Å²) >= 11 is 0. The van der Waals surface area contributed by atoms with Gasteiger partial charge >= 0.3 is 0 Å². The Balaban J connectivity index is 1.54. The van der Waals surface area contributed by atoms with E-state index in [1.54, 1.807) is 0 Å². The van der Waals surface area contributed by atoms with Gasteiger partial charge in [-0.2, -0.15) is 0 Å². The Bertz CT molecular complexity index is 375. The maximum Gasteiger partial charge on any atom is 0.0476 e. The van der Waals surface area contributed by atoms with E-state index >= 15 is 0 Å². The van der Waals surface area contributed by atoms with E-state index in [9.17, 15) is 0 Å². The third-order valence-electron chi connectivity index (χ3n) is 6.97. The Kier molecular flexibility index (Phi) is 3.79. The molecular weight excluding hydrogens is 258 g/mol. The molecule has 2 saturated carbocycles. The normalized spacial score (nSPS) is 43.1. The highest BCUT2D eigenvalue weighted by atomic mass is 15.4. The first-order valence-electron chi connectivity index (χ1n) is 9.46. The number of rotatable bonds is 4. The van der Waals surface area contributed by atoms with Crippen LogP contribution >= 0.6 is 0 Å². The summed E-state index contributed by atoms with van der Waals surface area (Å²) in [4.78, 5) is 5.69. The maximum absolute atomic E-state index is 6.39. The first-order chi connectivity index (χ1) is 10.2. The molecule has 0 radical (unpaired) electrons. The minimum Gasteiger partial charge on any atom is -0.329 e. The average Bonchev–Trinajstić information content (AvgIpc) is 2.95. The number of likely N-dealkylation sites (tertiary alicyclic amines) is 2. The summed E-state index contributed by atoms with van der Waals surface area (Å²) in [6.07, 6.45) is 12.9. The average molecular weight is 291 g/mol. The van der Waals surface area contributed by atoms with Gasteiger partial charge in [0.15, 0.2) is 0 Å². The highest BCUT2D eigenvalue weighted by Gasteiger charge is 2.52. The van der Waals surface area contributed by atoms with Crippen LogP contribution in [0.15, 0.2) is 0 Å². The SMILES string of the molecule is CC1CC(CN)(N2CCCC2C2CCCC2)CN1C1CC1. The minimum atomic E-state index is 0.297. The molecule has 3 unspecified atom stereocenters. The Labute approximate surface area is 130 Å². The van der Waals surface area contributed by atoms with Crippen LogP contribution in [0, 0.1) is 5.92 Å². The molecular formula is C18H33N3. The van der Waals surface area contributed by atoms with Crippen LogP contribution in [0.5, 0.6) is 0 Å². The van der Waals surface area contributed by atoms with Crippen molar-refractivity contribution in [3.05, 3.63) is 0 Å². The topological polar surface area (TPSA) is 32.5 Å². The van der Waals surface area contributed by atoms with Crippen LogP contribution in [-0.4, -0.2) is 53.1 Å². The third kappa shape index (κ3) is 2.46. The van der Waals surface area contributed by atoms with E-state index in [1.165, 1.54) is 70.9 Å². The van der Waals surface area contributed by atoms with Crippen molar-refractivity contribution in [1.29, 1.82) is 0 Å². The van der Waals surface area contributed by atoms with Gasteiger partial charge < -0.3 is 5.73 Å². The van der Waals surface area contributed by atoms with Crippen molar-refractivity contribution in [2.75, 3.05) is 19.6 Å². The Morgan fingerprint density at radius 3 is 2.48 bits per heavy atom. The van der Waals surface area contributed by atoms with Crippen molar-refractivity contribution in [3.8, 4) is 0 Å². The summed E-state index contributed by atoms with van der Waals surface area (Å²) in [6.45, 7) is 5.86.